The second-order valence-corrected chi connectivity index (χ2v) is 6.46. The Labute approximate surface area is 131 Å². The zero-order valence-corrected chi connectivity index (χ0v) is 12.7. The van der Waals surface area contributed by atoms with Gasteiger partial charge in [-0.15, -0.1) is 11.3 Å². The molecule has 1 aromatic carbocycles. The molecule has 21 heavy (non-hydrogen) atoms. The first-order valence-electron chi connectivity index (χ1n) is 6.76. The molecule has 0 bridgehead atoms. The molecule has 0 aliphatic carbocycles. The highest BCUT2D eigenvalue weighted by Gasteiger charge is 2.30. The van der Waals surface area contributed by atoms with Gasteiger partial charge in [-0.2, -0.15) is 10.1 Å². The molecule has 6 heteroatoms. The monoisotopic (exact) mass is 316 g/mol. The first-order chi connectivity index (χ1) is 10.3. The van der Waals surface area contributed by atoms with Crippen LogP contribution in [0.25, 0.3) is 0 Å². The largest absolute Gasteiger partial charge is 0.348 e. The third-order valence-corrected chi connectivity index (χ3v) is 5.00. The van der Waals surface area contributed by atoms with Gasteiger partial charge in [0.15, 0.2) is 0 Å². The summed E-state index contributed by atoms with van der Waals surface area (Å²) in [6, 6.07) is 12.7. The van der Waals surface area contributed by atoms with Crippen LogP contribution in [-0.2, 0) is 0 Å². The third-order valence-electron chi connectivity index (χ3n) is 3.77. The Morgan fingerprint density at radius 3 is 2.86 bits per heavy atom. The van der Waals surface area contributed by atoms with Crippen LogP contribution in [0.4, 0.5) is 5.95 Å². The lowest BCUT2D eigenvalue weighted by Gasteiger charge is -2.31. The van der Waals surface area contributed by atoms with Crippen molar-refractivity contribution in [2.75, 3.05) is 5.32 Å². The molecule has 1 aliphatic rings. The van der Waals surface area contributed by atoms with Crippen molar-refractivity contribution in [2.45, 2.75) is 18.5 Å². The summed E-state index contributed by atoms with van der Waals surface area (Å²) in [6.45, 7) is 0. The predicted octanol–water partition coefficient (Wildman–Crippen LogP) is 4.14. The van der Waals surface area contributed by atoms with Crippen LogP contribution < -0.4 is 5.32 Å². The SMILES string of the molecule is Clc1ccc([C@H]2C[C@@H](c3cccs3)n3ncnc3N2)cc1. The molecule has 0 saturated heterocycles. The lowest BCUT2D eigenvalue weighted by Crippen LogP contribution is -2.27. The van der Waals surface area contributed by atoms with E-state index in [-0.39, 0.29) is 12.1 Å². The molecule has 2 atom stereocenters. The second kappa shape index (κ2) is 5.16. The van der Waals surface area contributed by atoms with Crippen LogP contribution in [-0.4, -0.2) is 14.8 Å². The zero-order chi connectivity index (χ0) is 14.2. The van der Waals surface area contributed by atoms with E-state index in [1.165, 1.54) is 10.4 Å². The van der Waals surface area contributed by atoms with E-state index in [1.807, 2.05) is 16.8 Å². The number of halogens is 1. The lowest BCUT2D eigenvalue weighted by molar-refractivity contribution is 0.436. The average Bonchev–Trinajstić information content (AvgIpc) is 3.18. The van der Waals surface area contributed by atoms with Crippen molar-refractivity contribution >= 4 is 28.9 Å². The van der Waals surface area contributed by atoms with E-state index in [0.717, 1.165) is 17.4 Å². The fourth-order valence-corrected chi connectivity index (χ4v) is 3.70. The van der Waals surface area contributed by atoms with Crippen molar-refractivity contribution in [3.05, 3.63) is 63.6 Å². The maximum Gasteiger partial charge on any atom is 0.222 e. The van der Waals surface area contributed by atoms with Crippen molar-refractivity contribution in [2.24, 2.45) is 0 Å². The Bertz CT molecular complexity index is 735. The van der Waals surface area contributed by atoms with Crippen molar-refractivity contribution in [3.8, 4) is 0 Å². The van der Waals surface area contributed by atoms with Crippen molar-refractivity contribution in [3.63, 3.8) is 0 Å². The summed E-state index contributed by atoms with van der Waals surface area (Å²) in [5, 5.41) is 10.7. The van der Waals surface area contributed by atoms with Gasteiger partial charge in [0.05, 0.1) is 12.1 Å². The van der Waals surface area contributed by atoms with Gasteiger partial charge in [-0.25, -0.2) is 4.68 Å². The smallest absolute Gasteiger partial charge is 0.222 e. The summed E-state index contributed by atoms with van der Waals surface area (Å²) >= 11 is 7.74. The molecule has 0 fully saturated rings. The van der Waals surface area contributed by atoms with Crippen molar-refractivity contribution < 1.29 is 0 Å². The summed E-state index contributed by atoms with van der Waals surface area (Å²) in [7, 11) is 0. The van der Waals surface area contributed by atoms with E-state index >= 15 is 0 Å². The Balaban J connectivity index is 1.72. The fraction of sp³-hybridized carbons (Fsp3) is 0.200. The maximum atomic E-state index is 5.98. The van der Waals surface area contributed by atoms with Gasteiger partial charge in [-0.05, 0) is 35.6 Å². The first kappa shape index (κ1) is 12.9. The number of nitrogens with one attached hydrogen (secondary N) is 1. The van der Waals surface area contributed by atoms with E-state index in [1.54, 1.807) is 17.7 Å². The average molecular weight is 317 g/mol. The van der Waals surface area contributed by atoms with Gasteiger partial charge in [0, 0.05) is 9.90 Å². The van der Waals surface area contributed by atoms with E-state index < -0.39 is 0 Å². The Kier molecular flexibility index (Phi) is 3.16. The normalized spacial score (nSPS) is 20.8. The van der Waals surface area contributed by atoms with Gasteiger partial charge >= 0.3 is 0 Å². The number of hydrogen-bond donors (Lipinski definition) is 1. The van der Waals surface area contributed by atoms with Crippen molar-refractivity contribution in [1.82, 2.24) is 14.8 Å². The molecule has 1 N–H and O–H groups in total. The first-order valence-corrected chi connectivity index (χ1v) is 8.02. The molecular weight excluding hydrogens is 304 g/mol. The number of thiophene rings is 1. The summed E-state index contributed by atoms with van der Waals surface area (Å²) in [4.78, 5) is 5.64. The van der Waals surface area contributed by atoms with E-state index in [0.29, 0.717) is 0 Å². The molecule has 4 rings (SSSR count). The molecule has 0 radical (unpaired) electrons. The Morgan fingerprint density at radius 1 is 1.24 bits per heavy atom. The quantitative estimate of drug-likeness (QED) is 0.772. The van der Waals surface area contributed by atoms with Crippen LogP contribution in [0, 0.1) is 0 Å². The molecule has 0 unspecified atom stereocenters. The predicted molar refractivity (Wildman–Crippen MR) is 84.9 cm³/mol. The molecule has 4 nitrogen and oxygen atoms in total. The molecule has 3 aromatic rings. The van der Waals surface area contributed by atoms with Gasteiger partial charge in [-0.3, -0.25) is 0 Å². The molecule has 2 aromatic heterocycles. The lowest BCUT2D eigenvalue weighted by atomic mass is 9.97. The Hall–Kier alpha value is -1.85. The second-order valence-electron chi connectivity index (χ2n) is 5.04. The van der Waals surface area contributed by atoms with E-state index in [9.17, 15) is 0 Å². The summed E-state index contributed by atoms with van der Waals surface area (Å²) in [5.74, 6) is 0.819. The minimum atomic E-state index is 0.214. The van der Waals surface area contributed by atoms with Gasteiger partial charge in [-0.1, -0.05) is 29.8 Å². The number of nitrogens with zero attached hydrogens (tertiary/aromatic N) is 3. The van der Waals surface area contributed by atoms with E-state index in [4.69, 9.17) is 11.6 Å². The van der Waals surface area contributed by atoms with Crippen LogP contribution in [0.3, 0.4) is 0 Å². The van der Waals surface area contributed by atoms with Crippen LogP contribution in [0.15, 0.2) is 48.1 Å². The topological polar surface area (TPSA) is 42.7 Å². The van der Waals surface area contributed by atoms with Crippen molar-refractivity contribution in [1.29, 1.82) is 0 Å². The van der Waals surface area contributed by atoms with Gasteiger partial charge in [0.25, 0.3) is 0 Å². The number of anilines is 1. The molecule has 0 spiro atoms. The van der Waals surface area contributed by atoms with E-state index in [2.05, 4.69) is 45.0 Å². The molecule has 3 heterocycles. The zero-order valence-electron chi connectivity index (χ0n) is 11.1. The molecule has 0 amide bonds. The number of aromatic nitrogens is 3. The minimum Gasteiger partial charge on any atom is -0.348 e. The highest BCUT2D eigenvalue weighted by Crippen LogP contribution is 2.38. The summed E-state index contributed by atoms with van der Waals surface area (Å²) < 4.78 is 1.97. The summed E-state index contributed by atoms with van der Waals surface area (Å²) in [6.07, 6.45) is 2.55. The highest BCUT2D eigenvalue weighted by atomic mass is 35.5. The molecule has 106 valence electrons. The molecular formula is C15H13ClN4S. The molecule has 1 aliphatic heterocycles. The number of benzene rings is 1. The number of rotatable bonds is 2. The minimum absolute atomic E-state index is 0.214. The van der Waals surface area contributed by atoms with Crippen LogP contribution >= 0.6 is 22.9 Å². The number of hydrogen-bond acceptors (Lipinski definition) is 4. The van der Waals surface area contributed by atoms with Gasteiger partial charge < -0.3 is 5.32 Å². The van der Waals surface area contributed by atoms with Crippen LogP contribution in [0.2, 0.25) is 5.02 Å². The fourth-order valence-electron chi connectivity index (χ4n) is 2.75. The Morgan fingerprint density at radius 2 is 2.10 bits per heavy atom. The third kappa shape index (κ3) is 2.32. The van der Waals surface area contributed by atoms with Crippen LogP contribution in [0.1, 0.15) is 28.9 Å². The molecule has 0 saturated carbocycles. The maximum absolute atomic E-state index is 5.98. The highest BCUT2D eigenvalue weighted by molar-refractivity contribution is 7.10. The van der Waals surface area contributed by atoms with Crippen LogP contribution in [0.5, 0.6) is 0 Å². The van der Waals surface area contributed by atoms with Gasteiger partial charge in [0.1, 0.15) is 6.33 Å². The standard InChI is InChI=1S/C15H13ClN4S/c16-11-5-3-10(4-6-11)12-8-13(14-2-1-7-21-14)20-15(19-12)17-9-18-20/h1-7,9,12-13H,8H2,(H,17,18,19)/t12-,13+/m1/s1. The van der Waals surface area contributed by atoms with Gasteiger partial charge in [0.2, 0.25) is 5.95 Å². The number of fused-ring (bicyclic) bond motifs is 1. The summed E-state index contributed by atoms with van der Waals surface area (Å²) in [5.41, 5.74) is 1.22.